The number of carbonyl (C=O) groups is 2. The Labute approximate surface area is 195 Å². The molecule has 5 nitrogen and oxygen atoms in total. The van der Waals surface area contributed by atoms with Crippen molar-refractivity contribution in [2.75, 3.05) is 11.6 Å². The standard InChI is InChI=1S/C24H28F3N3O2S/c1-23(2)22(20(32)13-31)30(21-11-18(14-33-21)24(25,26)27)15-29(23)12-16-8-9-28-19(10-16)17-6-4-3-5-7-17/h8-11,13-14,17,22H,3-7,12,15H2,1-2H3. The molecule has 1 atom stereocenters. The number of aromatic nitrogens is 1. The van der Waals surface area contributed by atoms with Gasteiger partial charge >= 0.3 is 6.18 Å². The highest BCUT2D eigenvalue weighted by Gasteiger charge is 2.50. The van der Waals surface area contributed by atoms with E-state index in [0.29, 0.717) is 17.5 Å². The fourth-order valence-electron chi connectivity index (χ4n) is 5.08. The lowest BCUT2D eigenvalue weighted by Crippen LogP contribution is -2.51. The van der Waals surface area contributed by atoms with Crippen LogP contribution in [-0.4, -0.2) is 40.2 Å². The number of anilines is 1. The molecule has 1 saturated carbocycles. The van der Waals surface area contributed by atoms with E-state index in [0.717, 1.165) is 46.9 Å². The summed E-state index contributed by atoms with van der Waals surface area (Å²) in [4.78, 5) is 32.3. The average Bonchev–Trinajstić information content (AvgIpc) is 3.37. The minimum atomic E-state index is -4.46. The number of aldehydes is 1. The van der Waals surface area contributed by atoms with E-state index in [1.165, 1.54) is 19.3 Å². The lowest BCUT2D eigenvalue weighted by Gasteiger charge is -2.34. The summed E-state index contributed by atoms with van der Waals surface area (Å²) in [7, 11) is 0. The SMILES string of the molecule is CC1(C)C(C(=O)C=O)N(c2cc(C(F)(F)F)cs2)CN1Cc1ccnc(C2CCCCC2)c1. The molecule has 2 aromatic heterocycles. The molecule has 9 heteroatoms. The highest BCUT2D eigenvalue weighted by Crippen LogP contribution is 2.42. The number of hydrogen-bond donors (Lipinski definition) is 0. The van der Waals surface area contributed by atoms with Gasteiger partial charge in [0.2, 0.25) is 5.78 Å². The molecule has 1 aliphatic heterocycles. The summed E-state index contributed by atoms with van der Waals surface area (Å²) in [6, 6.07) is 4.24. The fourth-order valence-corrected chi connectivity index (χ4v) is 6.02. The van der Waals surface area contributed by atoms with Crippen molar-refractivity contribution in [2.24, 2.45) is 0 Å². The molecule has 1 unspecified atom stereocenters. The second-order valence-electron chi connectivity index (χ2n) is 9.48. The van der Waals surface area contributed by atoms with Gasteiger partial charge in [-0.15, -0.1) is 11.3 Å². The minimum Gasteiger partial charge on any atom is -0.338 e. The Balaban J connectivity index is 1.60. The maximum Gasteiger partial charge on any atom is 0.417 e. The predicted molar refractivity (Wildman–Crippen MR) is 121 cm³/mol. The van der Waals surface area contributed by atoms with Crippen LogP contribution in [0.15, 0.2) is 29.8 Å². The second-order valence-corrected chi connectivity index (χ2v) is 10.4. The van der Waals surface area contributed by atoms with Gasteiger partial charge in [-0.05, 0) is 50.5 Å². The highest BCUT2D eigenvalue weighted by atomic mass is 32.1. The van der Waals surface area contributed by atoms with E-state index in [1.807, 2.05) is 31.0 Å². The lowest BCUT2D eigenvalue weighted by molar-refractivity contribution is -0.137. The van der Waals surface area contributed by atoms with Gasteiger partial charge in [0.05, 0.1) is 17.2 Å². The van der Waals surface area contributed by atoms with E-state index in [1.54, 1.807) is 4.90 Å². The molecule has 0 N–H and O–H groups in total. The van der Waals surface area contributed by atoms with E-state index in [4.69, 9.17) is 0 Å². The topological polar surface area (TPSA) is 53.5 Å². The van der Waals surface area contributed by atoms with Crippen LogP contribution in [0.4, 0.5) is 18.2 Å². The van der Waals surface area contributed by atoms with Crippen LogP contribution in [0.1, 0.15) is 68.7 Å². The number of alkyl halides is 3. The van der Waals surface area contributed by atoms with Crippen molar-refractivity contribution in [1.82, 2.24) is 9.88 Å². The third kappa shape index (κ3) is 4.84. The molecule has 1 aliphatic carbocycles. The van der Waals surface area contributed by atoms with Crippen molar-refractivity contribution in [3.8, 4) is 0 Å². The zero-order chi connectivity index (χ0) is 23.8. The first-order valence-electron chi connectivity index (χ1n) is 11.2. The van der Waals surface area contributed by atoms with E-state index >= 15 is 0 Å². The molecular formula is C24H28F3N3O2S. The minimum absolute atomic E-state index is 0.246. The van der Waals surface area contributed by atoms with Crippen molar-refractivity contribution >= 4 is 28.4 Å². The monoisotopic (exact) mass is 479 g/mol. The first-order valence-corrected chi connectivity index (χ1v) is 12.1. The van der Waals surface area contributed by atoms with Crippen molar-refractivity contribution in [1.29, 1.82) is 0 Å². The number of carbonyl (C=O) groups excluding carboxylic acids is 2. The molecule has 3 heterocycles. The van der Waals surface area contributed by atoms with Crippen molar-refractivity contribution < 1.29 is 22.8 Å². The molecule has 1 saturated heterocycles. The quantitative estimate of drug-likeness (QED) is 0.410. The van der Waals surface area contributed by atoms with Gasteiger partial charge < -0.3 is 4.90 Å². The average molecular weight is 480 g/mol. The molecule has 0 spiro atoms. The molecule has 2 fully saturated rings. The Bertz CT molecular complexity index is 1010. The Hall–Kier alpha value is -2.26. The van der Waals surface area contributed by atoms with Gasteiger partial charge in [0.1, 0.15) is 6.04 Å². The Morgan fingerprint density at radius 3 is 2.61 bits per heavy atom. The summed E-state index contributed by atoms with van der Waals surface area (Å²) in [6.07, 6.45) is 3.57. The number of pyridine rings is 1. The van der Waals surface area contributed by atoms with Crippen molar-refractivity contribution in [3.05, 3.63) is 46.6 Å². The van der Waals surface area contributed by atoms with Crippen molar-refractivity contribution in [3.63, 3.8) is 0 Å². The maximum atomic E-state index is 13.2. The molecule has 0 amide bonds. The first kappa shape index (κ1) is 23.9. The van der Waals surface area contributed by atoms with Crippen LogP contribution in [0.2, 0.25) is 0 Å². The number of hydrogen-bond acceptors (Lipinski definition) is 6. The summed E-state index contributed by atoms with van der Waals surface area (Å²) in [5.74, 6) is -0.180. The van der Waals surface area contributed by atoms with Gasteiger partial charge in [-0.2, -0.15) is 13.2 Å². The normalized spacial score (nSPS) is 22.0. The lowest BCUT2D eigenvalue weighted by atomic mass is 9.86. The van der Waals surface area contributed by atoms with Crippen LogP contribution in [0.25, 0.3) is 0 Å². The smallest absolute Gasteiger partial charge is 0.338 e. The Morgan fingerprint density at radius 2 is 1.97 bits per heavy atom. The van der Waals surface area contributed by atoms with Gasteiger partial charge in [-0.1, -0.05) is 19.3 Å². The largest absolute Gasteiger partial charge is 0.417 e. The maximum absolute atomic E-state index is 13.2. The van der Waals surface area contributed by atoms with Crippen LogP contribution in [0.5, 0.6) is 0 Å². The third-order valence-corrected chi connectivity index (χ3v) is 7.91. The zero-order valence-corrected chi connectivity index (χ0v) is 19.6. The highest BCUT2D eigenvalue weighted by molar-refractivity contribution is 7.14. The molecule has 2 aliphatic rings. The third-order valence-electron chi connectivity index (χ3n) is 6.94. The number of halogens is 3. The number of rotatable bonds is 6. The molecule has 0 aromatic carbocycles. The van der Waals surface area contributed by atoms with Crippen LogP contribution < -0.4 is 4.90 Å². The van der Waals surface area contributed by atoms with Gasteiger partial charge in [0.15, 0.2) is 6.29 Å². The van der Waals surface area contributed by atoms with Crippen LogP contribution >= 0.6 is 11.3 Å². The first-order chi connectivity index (χ1) is 15.6. The number of thiophene rings is 1. The summed E-state index contributed by atoms with van der Waals surface area (Å²) >= 11 is 0.937. The van der Waals surface area contributed by atoms with Gasteiger partial charge in [-0.25, -0.2) is 0 Å². The summed E-state index contributed by atoms with van der Waals surface area (Å²) in [5, 5.41) is 1.38. The predicted octanol–water partition coefficient (Wildman–Crippen LogP) is 5.40. The Morgan fingerprint density at radius 1 is 1.24 bits per heavy atom. The fraction of sp³-hybridized carbons (Fsp3) is 0.542. The summed E-state index contributed by atoms with van der Waals surface area (Å²) < 4.78 is 39.5. The zero-order valence-electron chi connectivity index (χ0n) is 18.8. The van der Waals surface area contributed by atoms with E-state index < -0.39 is 29.1 Å². The molecule has 0 radical (unpaired) electrons. The summed E-state index contributed by atoms with van der Waals surface area (Å²) in [6.45, 7) is 4.48. The van der Waals surface area contributed by atoms with E-state index in [2.05, 4.69) is 11.1 Å². The van der Waals surface area contributed by atoms with Gasteiger partial charge in [0.25, 0.3) is 0 Å². The van der Waals surface area contributed by atoms with Gasteiger partial charge in [-0.3, -0.25) is 19.5 Å². The molecule has 178 valence electrons. The second kappa shape index (κ2) is 9.18. The van der Waals surface area contributed by atoms with Crippen LogP contribution in [0.3, 0.4) is 0 Å². The molecule has 2 aromatic rings. The number of nitrogens with zero attached hydrogens (tertiary/aromatic N) is 3. The summed E-state index contributed by atoms with van der Waals surface area (Å²) in [5.41, 5.74) is 0.617. The molecular weight excluding hydrogens is 451 g/mol. The molecule has 0 bridgehead atoms. The van der Waals surface area contributed by atoms with Crippen LogP contribution in [0, 0.1) is 0 Å². The van der Waals surface area contributed by atoms with E-state index in [-0.39, 0.29) is 13.0 Å². The van der Waals surface area contributed by atoms with Gasteiger partial charge in [0, 0.05) is 35.3 Å². The Kier molecular flexibility index (Phi) is 6.64. The van der Waals surface area contributed by atoms with E-state index in [9.17, 15) is 22.8 Å². The molecule has 4 rings (SSSR count). The number of Topliss-reactive ketones (excluding diaryl/α,β-unsaturated/α-hetero) is 1. The van der Waals surface area contributed by atoms with Crippen molar-refractivity contribution in [2.45, 2.75) is 76.2 Å². The number of ketones is 1. The van der Waals surface area contributed by atoms with Crippen LogP contribution in [-0.2, 0) is 22.3 Å². The molecule has 33 heavy (non-hydrogen) atoms.